The standard InChI is InChI=1S/C50H73N7O11/c1-32(2)27-38(46(62)56-41(50(67)68)29-35-31-52-37-24-20-19-23-36(35)37)54-48(64)45(33(3)58)57-44(61)26-18-13-11-9-7-5-4-6-8-10-12-17-25-43(60)53-39(30-42(51)59)47(63)55-40(49(65)66)28-34-21-15-14-16-22-34/h14-16,19-24,31-33,38-41,45,52,58H,4-13,17-18,25-30H2,1-3H3,(H2,51,59)(H,53,60)(H,54,64)(H,55,63)(H,56,62)(H,57,61)(H,65,66)(H,67,68)/t33?,38-,39-,40-,41-,45-/m0/s1. The molecule has 0 aliphatic heterocycles. The second kappa shape index (κ2) is 30.2. The molecule has 0 bridgehead atoms. The van der Waals surface area contributed by atoms with Gasteiger partial charge in [0.05, 0.1) is 12.5 Å². The summed E-state index contributed by atoms with van der Waals surface area (Å²) >= 11 is 0. The summed E-state index contributed by atoms with van der Waals surface area (Å²) in [5.74, 6) is -6.36. The smallest absolute Gasteiger partial charge is 0.326 e. The van der Waals surface area contributed by atoms with E-state index in [1.807, 2.05) is 38.1 Å². The Hall–Kier alpha value is -6.30. The molecule has 0 saturated carbocycles. The lowest BCUT2D eigenvalue weighted by molar-refractivity contribution is -0.142. The van der Waals surface area contributed by atoms with Crippen molar-refractivity contribution in [2.75, 3.05) is 0 Å². The lowest BCUT2D eigenvalue weighted by Gasteiger charge is -2.26. The first kappa shape index (κ1) is 56.0. The highest BCUT2D eigenvalue weighted by molar-refractivity contribution is 5.95. The van der Waals surface area contributed by atoms with Crippen LogP contribution in [0, 0.1) is 5.92 Å². The number of primary amides is 1. The highest BCUT2D eigenvalue weighted by Crippen LogP contribution is 2.20. The van der Waals surface area contributed by atoms with Gasteiger partial charge in [0.2, 0.25) is 35.4 Å². The van der Waals surface area contributed by atoms with Crippen LogP contribution in [0.15, 0.2) is 60.8 Å². The summed E-state index contributed by atoms with van der Waals surface area (Å²) in [6.07, 6.45) is 11.5. The summed E-state index contributed by atoms with van der Waals surface area (Å²) in [4.78, 5) is 104. The Kier molecular flexibility index (Phi) is 24.8. The third kappa shape index (κ3) is 21.1. The van der Waals surface area contributed by atoms with Crippen molar-refractivity contribution in [3.63, 3.8) is 0 Å². The van der Waals surface area contributed by atoms with Crippen molar-refractivity contribution in [2.45, 2.75) is 173 Å². The summed E-state index contributed by atoms with van der Waals surface area (Å²) in [5.41, 5.74) is 7.56. The number of carboxylic acid groups (broad SMARTS) is 2. The number of aliphatic hydroxyl groups is 1. The summed E-state index contributed by atoms with van der Waals surface area (Å²) in [6.45, 7) is 5.09. The molecule has 6 atom stereocenters. The van der Waals surface area contributed by atoms with E-state index in [9.17, 15) is 53.7 Å². The predicted octanol–water partition coefficient (Wildman–Crippen LogP) is 4.31. The van der Waals surface area contributed by atoms with E-state index in [1.54, 1.807) is 36.5 Å². The van der Waals surface area contributed by atoms with Gasteiger partial charge >= 0.3 is 11.9 Å². The van der Waals surface area contributed by atoms with Crippen LogP contribution in [0.3, 0.4) is 0 Å². The van der Waals surface area contributed by atoms with Gasteiger partial charge in [0.15, 0.2) is 0 Å². The lowest BCUT2D eigenvalue weighted by atomic mass is 10.0. The molecule has 68 heavy (non-hydrogen) atoms. The summed E-state index contributed by atoms with van der Waals surface area (Å²) in [6, 6.07) is 9.98. The minimum atomic E-state index is -1.31. The molecular weight excluding hydrogens is 875 g/mol. The third-order valence-electron chi connectivity index (χ3n) is 11.6. The molecule has 1 unspecified atom stereocenters. The topological polar surface area (TPSA) is 299 Å². The number of nitrogens with two attached hydrogens (primary N) is 1. The Labute approximate surface area is 398 Å². The van der Waals surface area contributed by atoms with Gasteiger partial charge in [-0.25, -0.2) is 9.59 Å². The molecule has 0 aliphatic rings. The Balaban J connectivity index is 1.27. The second-order valence-electron chi connectivity index (χ2n) is 18.1. The number of para-hydroxylation sites is 1. The van der Waals surface area contributed by atoms with E-state index in [2.05, 4.69) is 31.6 Å². The monoisotopic (exact) mass is 948 g/mol. The first-order chi connectivity index (χ1) is 32.4. The fourth-order valence-electron chi connectivity index (χ4n) is 7.95. The highest BCUT2D eigenvalue weighted by Gasteiger charge is 2.33. The number of hydrogen-bond donors (Lipinski definition) is 10. The van der Waals surface area contributed by atoms with Gasteiger partial charge in [-0.15, -0.1) is 0 Å². The van der Waals surface area contributed by atoms with Crippen LogP contribution in [0.2, 0.25) is 0 Å². The Bertz CT molecular complexity index is 2090. The van der Waals surface area contributed by atoms with Gasteiger partial charge in [-0.3, -0.25) is 28.8 Å². The number of aliphatic hydroxyl groups excluding tert-OH is 1. The number of aromatic nitrogens is 1. The number of rotatable bonds is 34. The SMILES string of the molecule is CC(C)C[C@H](NC(=O)[C@@H](NC(=O)CCCCCCCCCCCCCCC(=O)N[C@@H](CC(N)=O)C(=O)N[C@@H](Cc1ccccc1)C(=O)O)C(C)O)C(=O)N[C@@H](Cc1c[nH]c2ccccc12)C(=O)O. The molecule has 374 valence electrons. The first-order valence-corrected chi connectivity index (χ1v) is 24.0. The molecule has 2 aromatic carbocycles. The number of carboxylic acids is 2. The molecule has 18 nitrogen and oxygen atoms in total. The molecule has 0 fully saturated rings. The van der Waals surface area contributed by atoms with Crippen LogP contribution in [0.5, 0.6) is 0 Å². The maximum Gasteiger partial charge on any atom is 0.326 e. The van der Waals surface area contributed by atoms with Gasteiger partial charge in [0.25, 0.3) is 0 Å². The molecule has 3 rings (SSSR count). The maximum absolute atomic E-state index is 13.4. The molecule has 1 heterocycles. The molecule has 0 spiro atoms. The number of benzene rings is 2. The van der Waals surface area contributed by atoms with Crippen molar-refractivity contribution < 1.29 is 53.7 Å². The lowest BCUT2D eigenvalue weighted by Crippen LogP contribution is -2.58. The fraction of sp³-hybridized carbons (Fsp3) is 0.560. The second-order valence-corrected chi connectivity index (χ2v) is 18.1. The minimum absolute atomic E-state index is 0.0166. The number of aliphatic carboxylic acids is 2. The Morgan fingerprint density at radius 1 is 0.559 bits per heavy atom. The Morgan fingerprint density at radius 3 is 1.54 bits per heavy atom. The number of H-pyrrole nitrogens is 1. The van der Waals surface area contributed by atoms with Gasteiger partial charge in [-0.05, 0) is 49.3 Å². The number of carbonyl (C=O) groups excluding carboxylic acids is 6. The van der Waals surface area contributed by atoms with Crippen LogP contribution in [0.4, 0.5) is 0 Å². The minimum Gasteiger partial charge on any atom is -0.480 e. The number of hydrogen-bond acceptors (Lipinski definition) is 9. The summed E-state index contributed by atoms with van der Waals surface area (Å²) in [5, 5.41) is 43.6. The van der Waals surface area contributed by atoms with Crippen LogP contribution in [-0.4, -0.2) is 104 Å². The van der Waals surface area contributed by atoms with E-state index < -0.39 is 90.1 Å². The number of fused-ring (bicyclic) bond motifs is 1. The highest BCUT2D eigenvalue weighted by atomic mass is 16.4. The number of unbranched alkanes of at least 4 members (excludes halogenated alkanes) is 11. The molecule has 3 aromatic rings. The van der Waals surface area contributed by atoms with E-state index in [0.717, 1.165) is 75.1 Å². The third-order valence-corrected chi connectivity index (χ3v) is 11.6. The first-order valence-electron chi connectivity index (χ1n) is 24.0. The van der Waals surface area contributed by atoms with Gasteiger partial charge in [-0.1, -0.05) is 127 Å². The largest absolute Gasteiger partial charge is 0.480 e. The number of carbonyl (C=O) groups is 8. The molecule has 1 aromatic heterocycles. The van der Waals surface area contributed by atoms with E-state index in [4.69, 9.17) is 5.73 Å². The number of nitrogens with one attached hydrogen (secondary N) is 6. The van der Waals surface area contributed by atoms with Crippen molar-refractivity contribution in [3.05, 3.63) is 71.9 Å². The normalized spacial score (nSPS) is 13.9. The predicted molar refractivity (Wildman–Crippen MR) is 257 cm³/mol. The zero-order valence-electron chi connectivity index (χ0n) is 39.7. The zero-order chi connectivity index (χ0) is 50.0. The maximum atomic E-state index is 13.4. The molecule has 18 heteroatoms. The van der Waals surface area contributed by atoms with Gasteiger partial charge < -0.3 is 52.6 Å². The summed E-state index contributed by atoms with van der Waals surface area (Å²) in [7, 11) is 0. The van der Waals surface area contributed by atoms with Crippen molar-refractivity contribution >= 4 is 58.3 Å². The molecule has 6 amide bonds. The molecular formula is C50H73N7O11. The van der Waals surface area contributed by atoms with E-state index in [0.29, 0.717) is 24.0 Å². The zero-order valence-corrected chi connectivity index (χ0v) is 39.7. The average molecular weight is 948 g/mol. The van der Waals surface area contributed by atoms with Crippen LogP contribution in [0.1, 0.15) is 135 Å². The van der Waals surface area contributed by atoms with Crippen molar-refractivity contribution in [1.82, 2.24) is 31.6 Å². The van der Waals surface area contributed by atoms with E-state index in [-0.39, 0.29) is 38.0 Å². The Morgan fingerprint density at radius 2 is 1.03 bits per heavy atom. The van der Waals surface area contributed by atoms with Crippen molar-refractivity contribution in [2.24, 2.45) is 11.7 Å². The van der Waals surface area contributed by atoms with Crippen molar-refractivity contribution in [3.8, 4) is 0 Å². The molecule has 0 radical (unpaired) electrons. The van der Waals surface area contributed by atoms with Gasteiger partial charge in [0, 0.05) is 42.8 Å². The van der Waals surface area contributed by atoms with Crippen molar-refractivity contribution in [1.29, 1.82) is 0 Å². The molecule has 11 N–H and O–H groups in total. The fourth-order valence-corrected chi connectivity index (χ4v) is 7.95. The van der Waals surface area contributed by atoms with E-state index >= 15 is 0 Å². The molecule has 0 saturated heterocycles. The van der Waals surface area contributed by atoms with Gasteiger partial charge in [0.1, 0.15) is 30.2 Å². The summed E-state index contributed by atoms with van der Waals surface area (Å²) < 4.78 is 0. The molecule has 0 aliphatic carbocycles. The average Bonchev–Trinajstić information content (AvgIpc) is 3.69. The van der Waals surface area contributed by atoms with Crippen LogP contribution >= 0.6 is 0 Å². The number of amides is 6. The van der Waals surface area contributed by atoms with Crippen LogP contribution in [0.25, 0.3) is 10.9 Å². The quantitative estimate of drug-likeness (QED) is 0.0376. The van der Waals surface area contributed by atoms with Crippen LogP contribution in [-0.2, 0) is 51.2 Å². The van der Waals surface area contributed by atoms with Crippen LogP contribution < -0.4 is 32.3 Å². The van der Waals surface area contributed by atoms with Gasteiger partial charge in [-0.2, -0.15) is 0 Å². The van der Waals surface area contributed by atoms with E-state index in [1.165, 1.54) is 6.92 Å². The number of aromatic amines is 1.